The molecule has 4 aromatic rings. The zero-order valence-corrected chi connectivity index (χ0v) is 19.8. The first-order valence-corrected chi connectivity index (χ1v) is 12.2. The highest BCUT2D eigenvalue weighted by Gasteiger charge is 2.27. The Labute approximate surface area is 203 Å². The first kappa shape index (κ1) is 22.8. The summed E-state index contributed by atoms with van der Waals surface area (Å²) in [4.78, 5) is 34.3. The number of likely N-dealkylation sites (tertiary alicyclic amines) is 1. The standard InChI is InChI=1S/C27H29N5O3/c1-2-24(33)29-21-7-5-6-19(16-21)26-30-27(35-31-26)18-12-14-32(15-13-18)25(34)11-10-20-17-28-23-9-4-3-8-22(20)23/h3-9,16-18,28H,2,10-15H2,1H3,(H,29,33). The average molecular weight is 472 g/mol. The van der Waals surface area contributed by atoms with Crippen LogP contribution in [0.4, 0.5) is 5.69 Å². The largest absolute Gasteiger partial charge is 0.361 e. The van der Waals surface area contributed by atoms with Crippen molar-refractivity contribution in [2.45, 2.75) is 44.9 Å². The number of fused-ring (bicyclic) bond motifs is 1. The van der Waals surface area contributed by atoms with Crippen LogP contribution in [0.15, 0.2) is 59.3 Å². The van der Waals surface area contributed by atoms with Crippen molar-refractivity contribution in [2.24, 2.45) is 0 Å². The predicted octanol–water partition coefficient (Wildman–Crippen LogP) is 4.91. The maximum absolute atomic E-state index is 12.8. The van der Waals surface area contributed by atoms with E-state index in [4.69, 9.17) is 4.52 Å². The summed E-state index contributed by atoms with van der Waals surface area (Å²) in [6.07, 6.45) is 5.25. The third-order valence-corrected chi connectivity index (χ3v) is 6.65. The summed E-state index contributed by atoms with van der Waals surface area (Å²) in [5.41, 5.74) is 3.78. The van der Waals surface area contributed by atoms with E-state index in [0.29, 0.717) is 43.3 Å². The Morgan fingerprint density at radius 1 is 1.14 bits per heavy atom. The van der Waals surface area contributed by atoms with Crippen molar-refractivity contribution in [3.05, 3.63) is 66.2 Å². The summed E-state index contributed by atoms with van der Waals surface area (Å²) in [7, 11) is 0. The van der Waals surface area contributed by atoms with Crippen molar-refractivity contribution < 1.29 is 14.1 Å². The fourth-order valence-corrected chi connectivity index (χ4v) is 4.62. The van der Waals surface area contributed by atoms with Gasteiger partial charge in [-0.25, -0.2) is 0 Å². The number of amides is 2. The number of para-hydroxylation sites is 1. The molecular weight excluding hydrogens is 442 g/mol. The Bertz CT molecular complexity index is 1330. The Morgan fingerprint density at radius 3 is 2.80 bits per heavy atom. The van der Waals surface area contributed by atoms with Gasteiger partial charge in [0.25, 0.3) is 0 Å². The lowest BCUT2D eigenvalue weighted by Gasteiger charge is -2.30. The van der Waals surface area contributed by atoms with Gasteiger partial charge in [-0.15, -0.1) is 0 Å². The van der Waals surface area contributed by atoms with E-state index in [1.54, 1.807) is 0 Å². The van der Waals surface area contributed by atoms with Crippen LogP contribution in [-0.4, -0.2) is 44.9 Å². The highest BCUT2D eigenvalue weighted by Crippen LogP contribution is 2.29. The molecule has 1 aliphatic rings. The van der Waals surface area contributed by atoms with Gasteiger partial charge < -0.3 is 19.7 Å². The van der Waals surface area contributed by atoms with Crippen molar-refractivity contribution in [2.75, 3.05) is 18.4 Å². The molecule has 0 radical (unpaired) electrons. The van der Waals surface area contributed by atoms with Gasteiger partial charge in [0.15, 0.2) is 0 Å². The lowest BCUT2D eigenvalue weighted by molar-refractivity contribution is -0.132. The van der Waals surface area contributed by atoms with E-state index in [-0.39, 0.29) is 17.7 Å². The molecule has 0 atom stereocenters. The van der Waals surface area contributed by atoms with Crippen LogP contribution in [0.25, 0.3) is 22.3 Å². The molecule has 3 heterocycles. The molecule has 2 amide bonds. The van der Waals surface area contributed by atoms with E-state index < -0.39 is 0 Å². The molecular formula is C27H29N5O3. The third-order valence-electron chi connectivity index (χ3n) is 6.65. The first-order chi connectivity index (χ1) is 17.1. The van der Waals surface area contributed by atoms with Gasteiger partial charge in [0.1, 0.15) is 0 Å². The maximum atomic E-state index is 12.8. The van der Waals surface area contributed by atoms with Crippen molar-refractivity contribution >= 4 is 28.4 Å². The number of carbonyl (C=O) groups excluding carboxylic acids is 2. The minimum atomic E-state index is -0.0429. The number of nitrogens with one attached hydrogen (secondary N) is 2. The number of H-pyrrole nitrogens is 1. The second-order valence-electron chi connectivity index (χ2n) is 8.95. The lowest BCUT2D eigenvalue weighted by atomic mass is 9.96. The summed E-state index contributed by atoms with van der Waals surface area (Å²) >= 11 is 0. The fraction of sp³-hybridized carbons (Fsp3) is 0.333. The Hall–Kier alpha value is -3.94. The van der Waals surface area contributed by atoms with Gasteiger partial charge in [0.05, 0.1) is 0 Å². The molecule has 8 heteroatoms. The van der Waals surface area contributed by atoms with Crippen LogP contribution in [0.2, 0.25) is 0 Å². The van der Waals surface area contributed by atoms with E-state index in [2.05, 4.69) is 32.6 Å². The van der Waals surface area contributed by atoms with Gasteiger partial charge in [0, 0.05) is 60.2 Å². The average Bonchev–Trinajstić information content (AvgIpc) is 3.55. The van der Waals surface area contributed by atoms with E-state index in [1.807, 2.05) is 54.4 Å². The van der Waals surface area contributed by atoms with E-state index >= 15 is 0 Å². The molecule has 2 aromatic carbocycles. The number of hydrogen-bond acceptors (Lipinski definition) is 5. The van der Waals surface area contributed by atoms with Gasteiger partial charge in [-0.1, -0.05) is 42.4 Å². The van der Waals surface area contributed by atoms with E-state index in [0.717, 1.165) is 30.3 Å². The van der Waals surface area contributed by atoms with Gasteiger partial charge >= 0.3 is 0 Å². The molecule has 2 N–H and O–H groups in total. The molecule has 0 bridgehead atoms. The van der Waals surface area contributed by atoms with Crippen LogP contribution in [0, 0.1) is 0 Å². The summed E-state index contributed by atoms with van der Waals surface area (Å²) in [6, 6.07) is 15.6. The maximum Gasteiger partial charge on any atom is 0.230 e. The summed E-state index contributed by atoms with van der Waals surface area (Å²) < 4.78 is 5.58. The zero-order chi connectivity index (χ0) is 24.2. The Kier molecular flexibility index (Phi) is 6.61. The summed E-state index contributed by atoms with van der Waals surface area (Å²) in [5, 5.41) is 8.19. The molecule has 0 unspecified atom stereocenters. The van der Waals surface area contributed by atoms with Gasteiger partial charge in [-0.2, -0.15) is 4.98 Å². The number of rotatable bonds is 7. The number of hydrogen-bond donors (Lipinski definition) is 2. The van der Waals surface area contributed by atoms with Crippen LogP contribution in [-0.2, 0) is 16.0 Å². The highest BCUT2D eigenvalue weighted by molar-refractivity contribution is 5.91. The van der Waals surface area contributed by atoms with Gasteiger partial charge in [-0.05, 0) is 43.0 Å². The van der Waals surface area contributed by atoms with Crippen LogP contribution in [0.5, 0.6) is 0 Å². The monoisotopic (exact) mass is 471 g/mol. The van der Waals surface area contributed by atoms with E-state index in [1.165, 1.54) is 10.9 Å². The number of aromatic nitrogens is 3. The molecule has 1 saturated heterocycles. The molecule has 2 aromatic heterocycles. The SMILES string of the molecule is CCC(=O)Nc1cccc(-c2noc(C3CCN(C(=O)CCc4c[nH]c5ccccc45)CC3)n2)c1. The number of aryl methyl sites for hydroxylation is 1. The molecule has 0 spiro atoms. The molecule has 1 aliphatic heterocycles. The molecule has 8 nitrogen and oxygen atoms in total. The van der Waals surface area contributed by atoms with E-state index in [9.17, 15) is 9.59 Å². The van der Waals surface area contributed by atoms with Gasteiger partial charge in [0.2, 0.25) is 23.5 Å². The second-order valence-corrected chi connectivity index (χ2v) is 8.95. The highest BCUT2D eigenvalue weighted by atomic mass is 16.5. The number of anilines is 1. The lowest BCUT2D eigenvalue weighted by Crippen LogP contribution is -2.38. The first-order valence-electron chi connectivity index (χ1n) is 12.2. The van der Waals surface area contributed by atoms with Crippen LogP contribution >= 0.6 is 0 Å². The topological polar surface area (TPSA) is 104 Å². The van der Waals surface area contributed by atoms with Gasteiger partial charge in [-0.3, -0.25) is 9.59 Å². The number of nitrogens with zero attached hydrogens (tertiary/aromatic N) is 3. The number of carbonyl (C=O) groups is 2. The minimum Gasteiger partial charge on any atom is -0.361 e. The quantitative estimate of drug-likeness (QED) is 0.399. The number of piperidine rings is 1. The summed E-state index contributed by atoms with van der Waals surface area (Å²) in [6.45, 7) is 3.19. The minimum absolute atomic E-state index is 0.0429. The second kappa shape index (κ2) is 10.1. The Morgan fingerprint density at radius 2 is 1.97 bits per heavy atom. The van der Waals surface area contributed by atoms with Crippen molar-refractivity contribution in [3.63, 3.8) is 0 Å². The van der Waals surface area contributed by atoms with Crippen molar-refractivity contribution in [1.82, 2.24) is 20.0 Å². The predicted molar refractivity (Wildman–Crippen MR) is 134 cm³/mol. The van der Waals surface area contributed by atoms with Crippen LogP contribution < -0.4 is 5.32 Å². The molecule has 1 fully saturated rings. The normalized spacial score (nSPS) is 14.4. The van der Waals surface area contributed by atoms with Crippen molar-refractivity contribution in [3.8, 4) is 11.4 Å². The zero-order valence-electron chi connectivity index (χ0n) is 19.8. The van der Waals surface area contributed by atoms with Crippen LogP contribution in [0.1, 0.15) is 50.0 Å². The fourth-order valence-electron chi connectivity index (χ4n) is 4.62. The number of benzene rings is 2. The molecule has 0 saturated carbocycles. The van der Waals surface area contributed by atoms with Crippen molar-refractivity contribution in [1.29, 1.82) is 0 Å². The smallest absolute Gasteiger partial charge is 0.230 e. The third kappa shape index (κ3) is 5.11. The summed E-state index contributed by atoms with van der Waals surface area (Å²) in [5.74, 6) is 1.39. The Balaban J connectivity index is 1.15. The molecule has 35 heavy (non-hydrogen) atoms. The molecule has 180 valence electrons. The van der Waals surface area contributed by atoms with Crippen LogP contribution in [0.3, 0.4) is 0 Å². The molecule has 5 rings (SSSR count). The number of aromatic amines is 1. The molecule has 0 aliphatic carbocycles.